The first-order valence-electron chi connectivity index (χ1n) is 12.1. The summed E-state index contributed by atoms with van der Waals surface area (Å²) in [7, 11) is -8.12. The van der Waals surface area contributed by atoms with Gasteiger partial charge in [0.2, 0.25) is 15.9 Å². The third kappa shape index (κ3) is 5.59. The van der Waals surface area contributed by atoms with Gasteiger partial charge in [0.25, 0.3) is 10.0 Å². The summed E-state index contributed by atoms with van der Waals surface area (Å²) >= 11 is 0. The lowest BCUT2D eigenvalue weighted by Crippen LogP contribution is -2.60. The third-order valence-corrected chi connectivity index (χ3v) is 8.49. The summed E-state index contributed by atoms with van der Waals surface area (Å²) < 4.78 is 55.6. The van der Waals surface area contributed by atoms with E-state index in [0.29, 0.717) is 12.0 Å². The number of nitrogens with one attached hydrogen (secondary N) is 3. The van der Waals surface area contributed by atoms with E-state index < -0.39 is 49.0 Å². The van der Waals surface area contributed by atoms with Crippen LogP contribution in [0.25, 0.3) is 0 Å². The van der Waals surface area contributed by atoms with Crippen LogP contribution in [0.5, 0.6) is 0 Å². The first kappa shape index (κ1) is 28.4. The van der Waals surface area contributed by atoms with Crippen LogP contribution in [0.3, 0.4) is 0 Å². The smallest absolute Gasteiger partial charge is 0.286 e. The molecule has 1 amide bonds. The summed E-state index contributed by atoms with van der Waals surface area (Å²) in [6.45, 7) is 7.23. The van der Waals surface area contributed by atoms with Crippen molar-refractivity contribution in [1.82, 2.24) is 5.32 Å². The monoisotopic (exact) mass is 574 g/mol. The number of nitrogens with zero attached hydrogens (tertiary/aromatic N) is 1. The largest absolute Gasteiger partial charge is 0.341 e. The van der Waals surface area contributed by atoms with E-state index in [0.717, 1.165) is 12.3 Å². The highest BCUT2D eigenvalue weighted by Crippen LogP contribution is 2.43. The molecular weight excluding hydrogens is 544 g/mol. The molecule has 11 nitrogen and oxygen atoms in total. The van der Waals surface area contributed by atoms with Crippen LogP contribution in [-0.4, -0.2) is 46.4 Å². The molecule has 2 aromatic rings. The van der Waals surface area contributed by atoms with Crippen molar-refractivity contribution in [2.75, 3.05) is 16.3 Å². The van der Waals surface area contributed by atoms with Gasteiger partial charge in [-0.05, 0) is 42.0 Å². The molecule has 39 heavy (non-hydrogen) atoms. The number of benzene rings is 2. The number of carbonyl (C=O) groups is 3. The number of sulfonamides is 2. The van der Waals surface area contributed by atoms with Crippen LogP contribution in [0.4, 0.5) is 11.4 Å². The van der Waals surface area contributed by atoms with Gasteiger partial charge in [-0.3, -0.25) is 19.1 Å². The zero-order valence-electron chi connectivity index (χ0n) is 22.2. The zero-order valence-corrected chi connectivity index (χ0v) is 23.8. The number of anilines is 2. The van der Waals surface area contributed by atoms with Gasteiger partial charge >= 0.3 is 0 Å². The van der Waals surface area contributed by atoms with Crippen molar-refractivity contribution in [2.45, 2.75) is 51.0 Å². The van der Waals surface area contributed by atoms with Crippen LogP contribution in [0.1, 0.15) is 56.5 Å². The Kier molecular flexibility index (Phi) is 6.97. The Morgan fingerprint density at radius 1 is 1.13 bits per heavy atom. The van der Waals surface area contributed by atoms with E-state index >= 15 is 0 Å². The van der Waals surface area contributed by atoms with Crippen molar-refractivity contribution in [3.63, 3.8) is 0 Å². The fourth-order valence-electron chi connectivity index (χ4n) is 4.87. The number of carbonyl (C=O) groups excluding carboxylic acids is 3. The Bertz CT molecular complexity index is 1640. The Labute approximate surface area is 227 Å². The Balaban J connectivity index is 1.86. The van der Waals surface area contributed by atoms with Crippen molar-refractivity contribution in [3.8, 4) is 0 Å². The molecule has 1 heterocycles. The van der Waals surface area contributed by atoms with Gasteiger partial charge < -0.3 is 10.6 Å². The van der Waals surface area contributed by atoms with E-state index in [-0.39, 0.29) is 39.5 Å². The van der Waals surface area contributed by atoms with Crippen LogP contribution in [0.2, 0.25) is 0 Å². The van der Waals surface area contributed by atoms with Gasteiger partial charge in [-0.1, -0.05) is 45.0 Å². The highest BCUT2D eigenvalue weighted by molar-refractivity contribution is 7.92. The number of hydrogen-bond acceptors (Lipinski definition) is 8. The average molecular weight is 575 g/mol. The summed E-state index contributed by atoms with van der Waals surface area (Å²) in [5.41, 5.74) is -1.24. The van der Waals surface area contributed by atoms with Gasteiger partial charge in [-0.15, -0.1) is 4.40 Å². The van der Waals surface area contributed by atoms with E-state index in [2.05, 4.69) is 19.8 Å². The number of hydrogen-bond donors (Lipinski definition) is 3. The van der Waals surface area contributed by atoms with E-state index in [4.69, 9.17) is 0 Å². The van der Waals surface area contributed by atoms with Crippen LogP contribution in [-0.2, 0) is 35.2 Å². The quantitative estimate of drug-likeness (QED) is 0.443. The molecule has 1 aliphatic heterocycles. The van der Waals surface area contributed by atoms with Gasteiger partial charge in [-0.25, -0.2) is 8.42 Å². The molecule has 4 rings (SSSR count). The highest BCUT2D eigenvalue weighted by Gasteiger charge is 2.54. The minimum atomic E-state index is -4.44. The molecule has 0 bridgehead atoms. The van der Waals surface area contributed by atoms with Crippen LogP contribution in [0.15, 0.2) is 51.8 Å². The Morgan fingerprint density at radius 2 is 1.79 bits per heavy atom. The minimum absolute atomic E-state index is 0.00544. The molecule has 0 aromatic heterocycles. The van der Waals surface area contributed by atoms with Crippen LogP contribution >= 0.6 is 0 Å². The van der Waals surface area contributed by atoms with Gasteiger partial charge in [0.1, 0.15) is 22.2 Å². The predicted molar refractivity (Wildman–Crippen MR) is 147 cm³/mol. The van der Waals surface area contributed by atoms with Gasteiger partial charge in [-0.2, -0.15) is 8.42 Å². The lowest BCUT2D eigenvalue weighted by atomic mass is 9.66. The minimum Gasteiger partial charge on any atom is -0.341 e. The first-order valence-corrected chi connectivity index (χ1v) is 15.5. The molecular formula is C26H30N4O7S2. The molecule has 0 radical (unpaired) electrons. The lowest BCUT2D eigenvalue weighted by Gasteiger charge is -2.42. The molecule has 1 aliphatic carbocycles. The lowest BCUT2D eigenvalue weighted by molar-refractivity contribution is -0.133. The molecule has 13 heteroatoms. The van der Waals surface area contributed by atoms with E-state index in [1.54, 1.807) is 24.3 Å². The second-order valence-electron chi connectivity index (χ2n) is 11.0. The number of fused-ring (bicyclic) bond motifs is 2. The van der Waals surface area contributed by atoms with Crippen molar-refractivity contribution < 1.29 is 31.2 Å². The summed E-state index contributed by atoms with van der Waals surface area (Å²) in [6.07, 6.45) is 1.60. The maximum absolute atomic E-state index is 14.3. The van der Waals surface area contributed by atoms with Crippen LogP contribution in [0, 0.1) is 11.3 Å². The molecule has 208 valence electrons. The molecule has 2 aliphatic rings. The molecule has 0 fully saturated rings. The Hall–Kier alpha value is -3.58. The fraction of sp³-hybridized carbons (Fsp3) is 0.385. The van der Waals surface area contributed by atoms with Gasteiger partial charge in [0.05, 0.1) is 11.9 Å². The summed E-state index contributed by atoms with van der Waals surface area (Å²) in [4.78, 5) is 40.1. The van der Waals surface area contributed by atoms with Gasteiger partial charge in [0.15, 0.2) is 11.6 Å². The van der Waals surface area contributed by atoms with Crippen molar-refractivity contribution in [2.24, 2.45) is 15.7 Å². The number of amides is 1. The molecule has 0 spiro atoms. The summed E-state index contributed by atoms with van der Waals surface area (Å²) in [5, 5.41) is 5.60. The molecule has 0 saturated carbocycles. The van der Waals surface area contributed by atoms with E-state index in [9.17, 15) is 31.2 Å². The molecule has 2 aromatic carbocycles. The molecule has 0 saturated heterocycles. The van der Waals surface area contributed by atoms with E-state index in [1.807, 2.05) is 20.8 Å². The standard InChI is InChI=1S/C26H30N4O7S2/c1-15(31)28-26(13-12-25(2,3)4)18-9-7-6-8-17(18)22(32)21(23(26)33)24-27-19-11-10-16(29-38(5,34)35)14-20(19)39(36,37)30-24/h6-11,14,21,29H,12-13H2,1-5H3,(H,27,30)(H,28,31). The highest BCUT2D eigenvalue weighted by atomic mass is 32.2. The van der Waals surface area contributed by atoms with Crippen molar-refractivity contribution >= 4 is 54.7 Å². The maximum Gasteiger partial charge on any atom is 0.286 e. The van der Waals surface area contributed by atoms with Crippen LogP contribution < -0.4 is 15.4 Å². The Morgan fingerprint density at radius 3 is 2.41 bits per heavy atom. The number of amidine groups is 1. The number of Topliss-reactive ketones (excluding diaryl/α,β-unsaturated/α-hetero) is 2. The number of ketones is 2. The second kappa shape index (κ2) is 9.56. The zero-order chi connectivity index (χ0) is 29.0. The normalized spacial score (nSPS) is 22.2. The SMILES string of the molecule is CC(=O)NC1(CCC(C)(C)C)C(=O)C(C2=NS(=O)(=O)c3cc(NS(C)(=O)=O)ccc3N2)C(=O)c2ccccc21. The average Bonchev–Trinajstić information content (AvgIpc) is 2.79. The molecule has 2 unspecified atom stereocenters. The summed E-state index contributed by atoms with van der Waals surface area (Å²) in [5.74, 6) is -3.84. The van der Waals surface area contributed by atoms with E-state index in [1.165, 1.54) is 19.1 Å². The molecule has 3 N–H and O–H groups in total. The molecule has 2 atom stereocenters. The van der Waals surface area contributed by atoms with Crippen molar-refractivity contribution in [1.29, 1.82) is 0 Å². The third-order valence-electron chi connectivity index (χ3n) is 6.55. The van der Waals surface area contributed by atoms with Crippen molar-refractivity contribution in [3.05, 3.63) is 53.6 Å². The second-order valence-corrected chi connectivity index (χ2v) is 14.3. The van der Waals surface area contributed by atoms with Gasteiger partial charge in [0, 0.05) is 18.2 Å². The summed E-state index contributed by atoms with van der Waals surface area (Å²) in [6, 6.07) is 10.2. The fourth-order valence-corrected chi connectivity index (χ4v) is 6.60. The number of rotatable bonds is 6. The first-order chi connectivity index (χ1) is 17.9. The maximum atomic E-state index is 14.3. The topological polar surface area (TPSA) is 168 Å². The predicted octanol–water partition coefficient (Wildman–Crippen LogP) is 2.81.